The van der Waals surface area contributed by atoms with Gasteiger partial charge in [-0.05, 0) is 62.6 Å². The summed E-state index contributed by atoms with van der Waals surface area (Å²) in [6.45, 7) is 10.9. The maximum absolute atomic E-state index is 16.5. The maximum Gasteiger partial charge on any atom is 0.319 e. The number of aromatic nitrogens is 3. The van der Waals surface area contributed by atoms with Crippen molar-refractivity contribution in [3.05, 3.63) is 41.8 Å². The van der Waals surface area contributed by atoms with Gasteiger partial charge in [0.25, 0.3) is 0 Å². The molecule has 6 heterocycles. The summed E-state index contributed by atoms with van der Waals surface area (Å²) in [5.41, 5.74) is 2.40. The lowest BCUT2D eigenvalue weighted by atomic mass is 9.83. The lowest BCUT2D eigenvalue weighted by Crippen LogP contribution is -2.51. The minimum Gasteiger partial charge on any atom is -0.461 e. The van der Waals surface area contributed by atoms with Gasteiger partial charge in [-0.1, -0.05) is 45.0 Å². The molecule has 8 heteroatoms. The number of anilines is 1. The van der Waals surface area contributed by atoms with E-state index in [2.05, 4.69) is 42.0 Å². The summed E-state index contributed by atoms with van der Waals surface area (Å²) in [4.78, 5) is 19.2. The number of ether oxygens (including phenoxy) is 1. The average molecular weight is 531 g/mol. The fourth-order valence-electron chi connectivity index (χ4n) is 7.49. The number of piperazine rings is 1. The third kappa shape index (κ3) is 4.36. The van der Waals surface area contributed by atoms with Gasteiger partial charge in [-0.2, -0.15) is 9.97 Å². The van der Waals surface area contributed by atoms with E-state index in [4.69, 9.17) is 19.7 Å². The Bertz CT molecular complexity index is 1380. The SMILES string of the molecule is CC(C)(C)c1ccccc1-c1ncc2c(N3CC4CCC(C3)N4)nc(OCC34CCCN3CCC4)nc2c1F. The first-order chi connectivity index (χ1) is 18.8. The van der Waals surface area contributed by atoms with Crippen molar-refractivity contribution >= 4 is 16.7 Å². The van der Waals surface area contributed by atoms with Gasteiger partial charge in [0.2, 0.25) is 0 Å². The first kappa shape index (κ1) is 25.1. The number of nitrogens with zero attached hydrogens (tertiary/aromatic N) is 5. The van der Waals surface area contributed by atoms with Crippen LogP contribution in [0.4, 0.5) is 10.2 Å². The van der Waals surface area contributed by atoms with E-state index >= 15 is 4.39 Å². The van der Waals surface area contributed by atoms with Gasteiger partial charge in [0, 0.05) is 36.9 Å². The molecule has 2 atom stereocenters. The van der Waals surface area contributed by atoms with Crippen molar-refractivity contribution in [2.45, 2.75) is 82.3 Å². The molecule has 2 bridgehead atoms. The van der Waals surface area contributed by atoms with Gasteiger partial charge >= 0.3 is 6.01 Å². The van der Waals surface area contributed by atoms with E-state index in [1.165, 1.54) is 12.8 Å². The van der Waals surface area contributed by atoms with E-state index in [1.54, 1.807) is 6.20 Å². The van der Waals surface area contributed by atoms with E-state index in [-0.39, 0.29) is 17.0 Å². The van der Waals surface area contributed by atoms with Gasteiger partial charge < -0.3 is 15.0 Å². The highest BCUT2D eigenvalue weighted by Crippen LogP contribution is 2.40. The number of benzene rings is 1. The Kier molecular flexibility index (Phi) is 6.04. The normalized spacial score (nSPS) is 24.5. The van der Waals surface area contributed by atoms with Gasteiger partial charge in [0.05, 0.1) is 10.9 Å². The number of fused-ring (bicyclic) bond motifs is 4. The molecular weight excluding hydrogens is 491 g/mol. The third-order valence-corrected chi connectivity index (χ3v) is 9.43. The van der Waals surface area contributed by atoms with E-state index in [0.29, 0.717) is 35.3 Å². The van der Waals surface area contributed by atoms with Crippen molar-refractivity contribution in [3.63, 3.8) is 0 Å². The molecule has 39 heavy (non-hydrogen) atoms. The summed E-state index contributed by atoms with van der Waals surface area (Å²) < 4.78 is 22.9. The molecule has 2 aromatic heterocycles. The predicted octanol–water partition coefficient (Wildman–Crippen LogP) is 5.08. The smallest absolute Gasteiger partial charge is 0.319 e. The zero-order chi connectivity index (χ0) is 26.8. The van der Waals surface area contributed by atoms with Crippen LogP contribution in [0, 0.1) is 5.82 Å². The van der Waals surface area contributed by atoms with Gasteiger partial charge in [-0.15, -0.1) is 0 Å². The van der Waals surface area contributed by atoms with E-state index in [1.807, 2.05) is 18.2 Å². The van der Waals surface area contributed by atoms with Crippen LogP contribution >= 0.6 is 0 Å². The largest absolute Gasteiger partial charge is 0.461 e. The fourth-order valence-corrected chi connectivity index (χ4v) is 7.49. The van der Waals surface area contributed by atoms with Crippen molar-refractivity contribution < 1.29 is 9.13 Å². The number of nitrogens with one attached hydrogen (secondary N) is 1. The zero-order valence-electron chi connectivity index (χ0n) is 23.3. The topological polar surface area (TPSA) is 66.4 Å². The summed E-state index contributed by atoms with van der Waals surface area (Å²) in [6.07, 6.45) is 8.77. The minimum atomic E-state index is -0.405. The Labute approximate surface area is 230 Å². The molecular formula is C31H39FN6O. The third-order valence-electron chi connectivity index (χ3n) is 9.43. The number of hydrogen-bond acceptors (Lipinski definition) is 7. The first-order valence-electron chi connectivity index (χ1n) is 14.7. The Balaban J connectivity index is 1.33. The van der Waals surface area contributed by atoms with E-state index in [9.17, 15) is 0 Å². The average Bonchev–Trinajstić information content (AvgIpc) is 3.60. The molecule has 4 aliphatic rings. The maximum atomic E-state index is 16.5. The lowest BCUT2D eigenvalue weighted by molar-refractivity contribution is 0.108. The summed E-state index contributed by atoms with van der Waals surface area (Å²) in [5.74, 6) is 0.333. The van der Waals surface area contributed by atoms with E-state index in [0.717, 1.165) is 68.8 Å². The van der Waals surface area contributed by atoms with Crippen LogP contribution in [0.5, 0.6) is 6.01 Å². The number of rotatable bonds is 5. The number of hydrogen-bond donors (Lipinski definition) is 1. The van der Waals surface area contributed by atoms with Gasteiger partial charge in [-0.25, -0.2) is 4.39 Å². The molecule has 2 unspecified atom stereocenters. The fraction of sp³-hybridized carbons (Fsp3) is 0.581. The minimum absolute atomic E-state index is 0.0697. The highest BCUT2D eigenvalue weighted by Gasteiger charge is 2.45. The predicted molar refractivity (Wildman–Crippen MR) is 152 cm³/mol. The first-order valence-corrected chi connectivity index (χ1v) is 14.7. The molecule has 4 saturated heterocycles. The van der Waals surface area contributed by atoms with Gasteiger partial charge in [0.1, 0.15) is 23.6 Å². The van der Waals surface area contributed by atoms with Crippen molar-refractivity contribution in [2.24, 2.45) is 0 Å². The van der Waals surface area contributed by atoms with Gasteiger partial charge in [-0.3, -0.25) is 9.88 Å². The highest BCUT2D eigenvalue weighted by atomic mass is 19.1. The Morgan fingerprint density at radius 3 is 2.49 bits per heavy atom. The molecule has 0 spiro atoms. The molecule has 4 fully saturated rings. The molecule has 7 nitrogen and oxygen atoms in total. The lowest BCUT2D eigenvalue weighted by Gasteiger charge is -2.34. The van der Waals surface area contributed by atoms with E-state index < -0.39 is 5.82 Å². The summed E-state index contributed by atoms with van der Waals surface area (Å²) in [6, 6.07) is 9.10. The number of halogens is 1. The summed E-state index contributed by atoms with van der Waals surface area (Å²) in [5, 5.41) is 4.34. The van der Waals surface area contributed by atoms with Crippen LogP contribution < -0.4 is 15.0 Å². The van der Waals surface area contributed by atoms with Crippen LogP contribution in [0.3, 0.4) is 0 Å². The molecule has 7 rings (SSSR count). The standard InChI is InChI=1S/C31H39FN6O/c1-30(2,3)24-9-5-4-8-22(24)26-25(32)27-23(16-33-26)28(37-17-20-10-11-21(18-37)34-20)36-29(35-27)39-19-31-12-6-14-38(31)15-7-13-31/h4-5,8-9,16,20-21,34H,6-7,10-15,17-19H2,1-3H3. The van der Waals surface area contributed by atoms with Crippen molar-refractivity contribution in [1.82, 2.24) is 25.2 Å². The molecule has 4 aliphatic heterocycles. The molecule has 0 aliphatic carbocycles. The molecule has 3 aromatic rings. The molecule has 0 radical (unpaired) electrons. The van der Waals surface area contributed by atoms with Crippen molar-refractivity contribution in [3.8, 4) is 17.3 Å². The van der Waals surface area contributed by atoms with Crippen LogP contribution in [0.2, 0.25) is 0 Å². The second-order valence-electron chi connectivity index (χ2n) is 13.1. The molecule has 0 saturated carbocycles. The molecule has 206 valence electrons. The molecule has 1 N–H and O–H groups in total. The van der Waals surface area contributed by atoms with Crippen molar-refractivity contribution in [1.29, 1.82) is 0 Å². The van der Waals surface area contributed by atoms with Crippen LogP contribution in [-0.4, -0.2) is 70.3 Å². The Hall–Kier alpha value is -2.84. The quantitative estimate of drug-likeness (QED) is 0.494. The summed E-state index contributed by atoms with van der Waals surface area (Å²) in [7, 11) is 0. The van der Waals surface area contributed by atoms with Crippen LogP contribution in [0.1, 0.15) is 64.9 Å². The monoisotopic (exact) mass is 530 g/mol. The van der Waals surface area contributed by atoms with Crippen LogP contribution in [-0.2, 0) is 5.41 Å². The van der Waals surface area contributed by atoms with Gasteiger partial charge in [0.15, 0.2) is 5.82 Å². The highest BCUT2D eigenvalue weighted by molar-refractivity contribution is 5.92. The summed E-state index contributed by atoms with van der Waals surface area (Å²) >= 11 is 0. The molecule has 1 aromatic carbocycles. The molecule has 0 amide bonds. The Morgan fingerprint density at radius 1 is 1.05 bits per heavy atom. The van der Waals surface area contributed by atoms with Crippen LogP contribution in [0.15, 0.2) is 30.5 Å². The van der Waals surface area contributed by atoms with Crippen LogP contribution in [0.25, 0.3) is 22.2 Å². The Morgan fingerprint density at radius 2 is 1.77 bits per heavy atom. The zero-order valence-corrected chi connectivity index (χ0v) is 23.3. The second kappa shape index (κ2) is 9.37. The number of pyridine rings is 1. The second-order valence-corrected chi connectivity index (χ2v) is 13.1. The van der Waals surface area contributed by atoms with Crippen molar-refractivity contribution in [2.75, 3.05) is 37.7 Å².